The molecule has 100 valence electrons. The summed E-state index contributed by atoms with van der Waals surface area (Å²) >= 11 is 0. The van der Waals surface area contributed by atoms with E-state index in [1.165, 1.54) is 0 Å². The number of anilines is 1. The Hall–Kier alpha value is -2.06. The fourth-order valence-corrected chi connectivity index (χ4v) is 2.08. The van der Waals surface area contributed by atoms with E-state index in [4.69, 9.17) is 10.00 Å². The number of nitrogens with one attached hydrogen (secondary N) is 2. The van der Waals surface area contributed by atoms with E-state index in [0.717, 1.165) is 25.9 Å². The molecule has 1 aromatic carbocycles. The van der Waals surface area contributed by atoms with Gasteiger partial charge < -0.3 is 10.1 Å². The van der Waals surface area contributed by atoms with Crippen LogP contribution in [0, 0.1) is 17.2 Å². The lowest BCUT2D eigenvalue weighted by Crippen LogP contribution is -2.33. The normalized spacial score (nSPS) is 18.4. The number of carbonyl (C=O) groups excluding carboxylic acids is 1. The Balaban J connectivity index is 1.78. The monoisotopic (exact) mass is 259 g/mol. The second kappa shape index (κ2) is 6.76. The molecule has 1 atom stereocenters. The van der Waals surface area contributed by atoms with Crippen LogP contribution < -0.4 is 10.6 Å². The van der Waals surface area contributed by atoms with Crippen molar-refractivity contribution in [3.8, 4) is 6.07 Å². The highest BCUT2D eigenvalue weighted by Crippen LogP contribution is 2.12. The molecule has 0 aromatic heterocycles. The van der Waals surface area contributed by atoms with Crippen molar-refractivity contribution < 1.29 is 9.53 Å². The minimum absolute atomic E-state index is 0.393. The number of piperidine rings is 1. The highest BCUT2D eigenvalue weighted by Gasteiger charge is 2.15. The van der Waals surface area contributed by atoms with Gasteiger partial charge in [0, 0.05) is 18.2 Å². The number of nitrogens with zero attached hydrogens (tertiary/aromatic N) is 1. The van der Waals surface area contributed by atoms with E-state index in [1.54, 1.807) is 24.3 Å². The second-order valence-corrected chi connectivity index (χ2v) is 4.63. The van der Waals surface area contributed by atoms with Crippen molar-refractivity contribution in [2.24, 2.45) is 5.92 Å². The van der Waals surface area contributed by atoms with Gasteiger partial charge in [0.2, 0.25) is 0 Å². The topological polar surface area (TPSA) is 74.2 Å². The average molecular weight is 259 g/mol. The van der Waals surface area contributed by atoms with Crippen LogP contribution in [0.5, 0.6) is 0 Å². The molecule has 1 aromatic rings. The molecule has 1 saturated heterocycles. The number of nitriles is 1. The summed E-state index contributed by atoms with van der Waals surface area (Å²) < 4.78 is 5.19. The minimum Gasteiger partial charge on any atom is -0.449 e. The molecule has 1 fully saturated rings. The maximum absolute atomic E-state index is 11.6. The third-order valence-corrected chi connectivity index (χ3v) is 3.09. The molecular formula is C14H17N3O2. The van der Waals surface area contributed by atoms with Gasteiger partial charge in [-0.15, -0.1) is 0 Å². The lowest BCUT2D eigenvalue weighted by Gasteiger charge is -2.22. The zero-order chi connectivity index (χ0) is 13.5. The van der Waals surface area contributed by atoms with Gasteiger partial charge in [0.15, 0.2) is 0 Å². The number of hydrogen-bond acceptors (Lipinski definition) is 4. The third-order valence-electron chi connectivity index (χ3n) is 3.09. The van der Waals surface area contributed by atoms with Gasteiger partial charge in [0.25, 0.3) is 0 Å². The highest BCUT2D eigenvalue weighted by molar-refractivity contribution is 5.84. The molecule has 0 bridgehead atoms. The first-order chi connectivity index (χ1) is 9.28. The smallest absolute Gasteiger partial charge is 0.411 e. The maximum atomic E-state index is 11.6. The molecule has 1 aliphatic rings. The molecule has 5 nitrogen and oxygen atoms in total. The van der Waals surface area contributed by atoms with Gasteiger partial charge in [-0.1, -0.05) is 6.07 Å². The Labute approximate surface area is 112 Å². The van der Waals surface area contributed by atoms with Crippen LogP contribution in [-0.2, 0) is 4.74 Å². The Morgan fingerprint density at radius 3 is 3.21 bits per heavy atom. The van der Waals surface area contributed by atoms with Crippen LogP contribution in [0.25, 0.3) is 0 Å². The Bertz CT molecular complexity index is 476. The molecule has 1 unspecified atom stereocenters. The van der Waals surface area contributed by atoms with Crippen LogP contribution >= 0.6 is 0 Å². The van der Waals surface area contributed by atoms with Crippen molar-refractivity contribution in [3.63, 3.8) is 0 Å². The lowest BCUT2D eigenvalue weighted by atomic mass is 10.0. The molecular weight excluding hydrogens is 242 g/mol. The average Bonchev–Trinajstić information content (AvgIpc) is 2.46. The maximum Gasteiger partial charge on any atom is 0.411 e. The van der Waals surface area contributed by atoms with Crippen LogP contribution in [0.2, 0.25) is 0 Å². The molecule has 5 heteroatoms. The van der Waals surface area contributed by atoms with Crippen molar-refractivity contribution in [1.82, 2.24) is 5.32 Å². The largest absolute Gasteiger partial charge is 0.449 e. The minimum atomic E-state index is -0.472. The summed E-state index contributed by atoms with van der Waals surface area (Å²) in [7, 11) is 0. The van der Waals surface area contributed by atoms with E-state index in [-0.39, 0.29) is 0 Å². The number of rotatable bonds is 3. The summed E-state index contributed by atoms with van der Waals surface area (Å²) in [4.78, 5) is 11.6. The fraction of sp³-hybridized carbons (Fsp3) is 0.429. The Morgan fingerprint density at radius 1 is 1.58 bits per heavy atom. The number of ether oxygens (including phenoxy) is 1. The van der Waals surface area contributed by atoms with Gasteiger partial charge in [-0.25, -0.2) is 4.79 Å². The van der Waals surface area contributed by atoms with Gasteiger partial charge in [0.05, 0.1) is 18.2 Å². The number of carbonyl (C=O) groups is 1. The second-order valence-electron chi connectivity index (χ2n) is 4.63. The van der Waals surface area contributed by atoms with Crippen LogP contribution in [0.4, 0.5) is 10.5 Å². The zero-order valence-electron chi connectivity index (χ0n) is 10.7. The van der Waals surface area contributed by atoms with E-state index in [2.05, 4.69) is 10.6 Å². The van der Waals surface area contributed by atoms with Crippen molar-refractivity contribution in [1.29, 1.82) is 5.26 Å². The quantitative estimate of drug-likeness (QED) is 0.871. The van der Waals surface area contributed by atoms with Crippen molar-refractivity contribution >= 4 is 11.8 Å². The summed E-state index contributed by atoms with van der Waals surface area (Å²) in [5.74, 6) is 0.393. The van der Waals surface area contributed by atoms with Gasteiger partial charge in [-0.05, 0) is 37.6 Å². The van der Waals surface area contributed by atoms with Gasteiger partial charge in [-0.2, -0.15) is 5.26 Å². The third kappa shape index (κ3) is 4.27. The zero-order valence-corrected chi connectivity index (χ0v) is 10.7. The SMILES string of the molecule is N#Cc1cccc(NC(=O)OCC2CCCNC2)c1. The first kappa shape index (κ1) is 13.4. The fourth-order valence-electron chi connectivity index (χ4n) is 2.08. The molecule has 0 spiro atoms. The Kier molecular flexibility index (Phi) is 4.76. The van der Waals surface area contributed by atoms with E-state index < -0.39 is 6.09 Å². The van der Waals surface area contributed by atoms with Crippen LogP contribution in [0.3, 0.4) is 0 Å². The van der Waals surface area contributed by atoms with E-state index in [0.29, 0.717) is 23.8 Å². The first-order valence-electron chi connectivity index (χ1n) is 6.42. The summed E-state index contributed by atoms with van der Waals surface area (Å²) in [6.45, 7) is 2.37. The summed E-state index contributed by atoms with van der Waals surface area (Å²) in [5.41, 5.74) is 1.08. The molecule has 19 heavy (non-hydrogen) atoms. The van der Waals surface area contributed by atoms with E-state index in [9.17, 15) is 4.79 Å². The molecule has 0 saturated carbocycles. The molecule has 1 aliphatic heterocycles. The molecule has 2 rings (SSSR count). The predicted molar refractivity (Wildman–Crippen MR) is 71.7 cm³/mol. The number of hydrogen-bond donors (Lipinski definition) is 2. The van der Waals surface area contributed by atoms with Gasteiger partial charge >= 0.3 is 6.09 Å². The van der Waals surface area contributed by atoms with E-state index in [1.807, 2.05) is 6.07 Å². The number of amides is 1. The van der Waals surface area contributed by atoms with Crippen LogP contribution in [0.1, 0.15) is 18.4 Å². The molecule has 1 amide bonds. The number of benzene rings is 1. The highest BCUT2D eigenvalue weighted by atomic mass is 16.5. The first-order valence-corrected chi connectivity index (χ1v) is 6.42. The van der Waals surface area contributed by atoms with E-state index >= 15 is 0 Å². The van der Waals surface area contributed by atoms with Gasteiger partial charge in [-0.3, -0.25) is 5.32 Å². The summed E-state index contributed by atoms with van der Waals surface area (Å²) in [5, 5.41) is 14.7. The predicted octanol–water partition coefficient (Wildman–Crippen LogP) is 2.11. The van der Waals surface area contributed by atoms with Gasteiger partial charge in [0.1, 0.15) is 0 Å². The van der Waals surface area contributed by atoms with Crippen molar-refractivity contribution in [3.05, 3.63) is 29.8 Å². The lowest BCUT2D eigenvalue weighted by molar-refractivity contribution is 0.132. The molecule has 0 aliphatic carbocycles. The summed E-state index contributed by atoms with van der Waals surface area (Å²) in [6.07, 6.45) is 1.74. The van der Waals surface area contributed by atoms with Crippen LogP contribution in [0.15, 0.2) is 24.3 Å². The molecule has 2 N–H and O–H groups in total. The molecule has 0 radical (unpaired) electrons. The standard InChI is InChI=1S/C14H17N3O2/c15-8-11-3-1-5-13(7-11)17-14(18)19-10-12-4-2-6-16-9-12/h1,3,5,7,12,16H,2,4,6,9-10H2,(H,17,18). The Morgan fingerprint density at radius 2 is 2.47 bits per heavy atom. The summed E-state index contributed by atoms with van der Waals surface area (Å²) in [6, 6.07) is 8.77. The molecule has 1 heterocycles. The van der Waals surface area contributed by atoms with Crippen LogP contribution in [-0.4, -0.2) is 25.8 Å². The van der Waals surface area contributed by atoms with Crippen molar-refractivity contribution in [2.45, 2.75) is 12.8 Å². The van der Waals surface area contributed by atoms with Crippen molar-refractivity contribution in [2.75, 3.05) is 25.0 Å².